The van der Waals surface area contributed by atoms with Crippen molar-refractivity contribution in [2.75, 3.05) is 13.6 Å². The Morgan fingerprint density at radius 1 is 1.47 bits per heavy atom. The van der Waals surface area contributed by atoms with Crippen molar-refractivity contribution in [2.45, 2.75) is 13.0 Å². The molecule has 1 amide bonds. The van der Waals surface area contributed by atoms with Crippen LogP contribution >= 0.6 is 0 Å². The molecule has 2 N–H and O–H groups in total. The van der Waals surface area contributed by atoms with Crippen LogP contribution in [0.2, 0.25) is 0 Å². The first-order valence-corrected chi connectivity index (χ1v) is 5.99. The van der Waals surface area contributed by atoms with Gasteiger partial charge in [0.2, 0.25) is 0 Å². The van der Waals surface area contributed by atoms with Gasteiger partial charge < -0.3 is 10.6 Å². The van der Waals surface area contributed by atoms with Crippen LogP contribution in [-0.2, 0) is 0 Å². The number of benzene rings is 1. The predicted octanol–water partition coefficient (Wildman–Crippen LogP) is -0.000000000000000222. The lowest BCUT2D eigenvalue weighted by Gasteiger charge is -2.11. The first-order valence-electron chi connectivity index (χ1n) is 5.99. The Balaban J connectivity index is 2.08. The van der Waals surface area contributed by atoms with Crippen LogP contribution in [0.5, 0.6) is 0 Å². The van der Waals surface area contributed by atoms with Gasteiger partial charge in [0.05, 0.1) is 5.69 Å². The molecule has 0 aliphatic carbocycles. The SMILES string of the molecule is CNC(C)CNC(=O)c1cccc(-n2cnnn2)c1. The summed E-state index contributed by atoms with van der Waals surface area (Å²) in [7, 11) is 1.86. The third-order valence-corrected chi connectivity index (χ3v) is 2.78. The summed E-state index contributed by atoms with van der Waals surface area (Å²) >= 11 is 0. The Labute approximate surface area is 111 Å². The number of nitrogens with one attached hydrogen (secondary N) is 2. The minimum absolute atomic E-state index is 0.114. The molecule has 0 saturated carbocycles. The van der Waals surface area contributed by atoms with Crippen LogP contribution in [-0.4, -0.2) is 45.7 Å². The summed E-state index contributed by atoms with van der Waals surface area (Å²) in [5.41, 5.74) is 1.33. The lowest BCUT2D eigenvalue weighted by Crippen LogP contribution is -2.37. The van der Waals surface area contributed by atoms with Crippen LogP contribution in [0, 0.1) is 0 Å². The molecular weight excluding hydrogens is 244 g/mol. The van der Waals surface area contributed by atoms with Gasteiger partial charge in [0.25, 0.3) is 5.91 Å². The van der Waals surface area contributed by atoms with Crippen LogP contribution in [0.4, 0.5) is 0 Å². The van der Waals surface area contributed by atoms with Gasteiger partial charge in [0, 0.05) is 18.2 Å². The number of aromatic nitrogens is 4. The molecular formula is C12H16N6O. The molecule has 1 heterocycles. The van der Waals surface area contributed by atoms with Gasteiger partial charge in [-0.15, -0.1) is 5.10 Å². The van der Waals surface area contributed by atoms with E-state index >= 15 is 0 Å². The van der Waals surface area contributed by atoms with Crippen LogP contribution in [0.25, 0.3) is 5.69 Å². The van der Waals surface area contributed by atoms with E-state index in [4.69, 9.17) is 0 Å². The molecule has 7 heteroatoms. The van der Waals surface area contributed by atoms with Gasteiger partial charge in [0.15, 0.2) is 0 Å². The summed E-state index contributed by atoms with van der Waals surface area (Å²) in [5.74, 6) is -0.114. The Morgan fingerprint density at radius 3 is 3.00 bits per heavy atom. The number of hydrogen-bond donors (Lipinski definition) is 2. The molecule has 0 aliphatic rings. The van der Waals surface area contributed by atoms with E-state index in [1.807, 2.05) is 20.0 Å². The fourth-order valence-electron chi connectivity index (χ4n) is 1.52. The second-order valence-corrected chi connectivity index (χ2v) is 4.20. The van der Waals surface area contributed by atoms with Gasteiger partial charge in [0.1, 0.15) is 6.33 Å². The summed E-state index contributed by atoms with van der Waals surface area (Å²) in [6, 6.07) is 7.37. The molecule has 2 aromatic rings. The summed E-state index contributed by atoms with van der Waals surface area (Å²) in [6.45, 7) is 2.57. The zero-order valence-corrected chi connectivity index (χ0v) is 10.9. The lowest BCUT2D eigenvalue weighted by molar-refractivity contribution is 0.0950. The summed E-state index contributed by atoms with van der Waals surface area (Å²) in [6.07, 6.45) is 1.49. The fraction of sp³-hybridized carbons (Fsp3) is 0.333. The van der Waals surface area contributed by atoms with E-state index in [0.29, 0.717) is 12.1 Å². The topological polar surface area (TPSA) is 84.7 Å². The number of nitrogens with zero attached hydrogens (tertiary/aromatic N) is 4. The van der Waals surface area contributed by atoms with Crippen molar-refractivity contribution in [1.82, 2.24) is 30.8 Å². The third-order valence-electron chi connectivity index (χ3n) is 2.78. The minimum atomic E-state index is -0.114. The van der Waals surface area contributed by atoms with E-state index in [-0.39, 0.29) is 11.9 Å². The summed E-state index contributed by atoms with van der Waals surface area (Å²) in [4.78, 5) is 12.0. The largest absolute Gasteiger partial charge is 0.350 e. The molecule has 0 bridgehead atoms. The van der Waals surface area contributed by atoms with Crippen molar-refractivity contribution in [3.63, 3.8) is 0 Å². The van der Waals surface area contributed by atoms with Crippen LogP contribution in [0.1, 0.15) is 17.3 Å². The van der Waals surface area contributed by atoms with Gasteiger partial charge in [-0.25, -0.2) is 4.68 Å². The van der Waals surface area contributed by atoms with Gasteiger partial charge in [-0.05, 0) is 42.6 Å². The van der Waals surface area contributed by atoms with Crippen LogP contribution in [0.3, 0.4) is 0 Å². The quantitative estimate of drug-likeness (QED) is 0.790. The highest BCUT2D eigenvalue weighted by atomic mass is 16.1. The molecule has 0 saturated heterocycles. The Kier molecular flexibility index (Phi) is 4.19. The second kappa shape index (κ2) is 6.05. The standard InChI is InChI=1S/C12H16N6O/c1-9(13-2)7-14-12(19)10-4-3-5-11(6-10)18-8-15-16-17-18/h3-6,8-9,13H,7H2,1-2H3,(H,14,19). The van der Waals surface area contributed by atoms with Gasteiger partial charge in [-0.2, -0.15) is 0 Å². The van der Waals surface area contributed by atoms with E-state index in [2.05, 4.69) is 26.2 Å². The summed E-state index contributed by atoms with van der Waals surface area (Å²) < 4.78 is 1.51. The number of carbonyl (C=O) groups is 1. The zero-order valence-electron chi connectivity index (χ0n) is 10.9. The average Bonchev–Trinajstić information content (AvgIpc) is 2.98. The molecule has 19 heavy (non-hydrogen) atoms. The highest BCUT2D eigenvalue weighted by Crippen LogP contribution is 2.08. The number of amides is 1. The monoisotopic (exact) mass is 260 g/mol. The van der Waals surface area contributed by atoms with Crippen molar-refractivity contribution >= 4 is 5.91 Å². The van der Waals surface area contributed by atoms with E-state index in [1.165, 1.54) is 11.0 Å². The first kappa shape index (κ1) is 13.2. The number of hydrogen-bond acceptors (Lipinski definition) is 5. The molecule has 100 valence electrons. The minimum Gasteiger partial charge on any atom is -0.350 e. The Hall–Kier alpha value is -2.28. The number of carbonyl (C=O) groups excluding carboxylic acids is 1. The van der Waals surface area contributed by atoms with E-state index in [9.17, 15) is 4.79 Å². The van der Waals surface area contributed by atoms with Crippen LogP contribution < -0.4 is 10.6 Å². The first-order chi connectivity index (χ1) is 9.20. The van der Waals surface area contributed by atoms with Crippen molar-refractivity contribution in [1.29, 1.82) is 0 Å². The molecule has 1 unspecified atom stereocenters. The maximum atomic E-state index is 12.0. The molecule has 0 aliphatic heterocycles. The third kappa shape index (κ3) is 3.35. The maximum absolute atomic E-state index is 12.0. The highest BCUT2D eigenvalue weighted by Gasteiger charge is 2.08. The van der Waals surface area contributed by atoms with Gasteiger partial charge >= 0.3 is 0 Å². The lowest BCUT2D eigenvalue weighted by atomic mass is 10.2. The molecule has 2 rings (SSSR count). The smallest absolute Gasteiger partial charge is 0.251 e. The summed E-state index contributed by atoms with van der Waals surface area (Å²) in [5, 5.41) is 16.8. The van der Waals surface area contributed by atoms with E-state index in [1.54, 1.807) is 18.2 Å². The highest BCUT2D eigenvalue weighted by molar-refractivity contribution is 5.94. The number of likely N-dealkylation sites (N-methyl/N-ethyl adjacent to an activating group) is 1. The number of tetrazole rings is 1. The average molecular weight is 260 g/mol. The number of rotatable bonds is 5. The fourth-order valence-corrected chi connectivity index (χ4v) is 1.52. The van der Waals surface area contributed by atoms with Crippen molar-refractivity contribution < 1.29 is 4.79 Å². The van der Waals surface area contributed by atoms with Gasteiger partial charge in [-0.1, -0.05) is 6.07 Å². The Morgan fingerprint density at radius 2 is 2.32 bits per heavy atom. The zero-order chi connectivity index (χ0) is 13.7. The van der Waals surface area contributed by atoms with E-state index in [0.717, 1.165) is 5.69 Å². The maximum Gasteiger partial charge on any atom is 0.251 e. The molecule has 1 aromatic carbocycles. The normalized spacial score (nSPS) is 12.1. The second-order valence-electron chi connectivity index (χ2n) is 4.20. The molecule has 0 fully saturated rings. The van der Waals surface area contributed by atoms with Crippen molar-refractivity contribution in [2.24, 2.45) is 0 Å². The van der Waals surface area contributed by atoms with Crippen molar-refractivity contribution in [3.8, 4) is 5.69 Å². The van der Waals surface area contributed by atoms with Crippen LogP contribution in [0.15, 0.2) is 30.6 Å². The van der Waals surface area contributed by atoms with Gasteiger partial charge in [-0.3, -0.25) is 4.79 Å². The molecule has 1 aromatic heterocycles. The van der Waals surface area contributed by atoms with E-state index < -0.39 is 0 Å². The Bertz CT molecular complexity index is 539. The predicted molar refractivity (Wildman–Crippen MR) is 70.0 cm³/mol. The molecule has 1 atom stereocenters. The molecule has 0 radical (unpaired) electrons. The molecule has 7 nitrogen and oxygen atoms in total. The van der Waals surface area contributed by atoms with Crippen molar-refractivity contribution in [3.05, 3.63) is 36.2 Å². The molecule has 0 spiro atoms.